The molecule has 3 nitrogen and oxygen atoms in total. The van der Waals surface area contributed by atoms with Crippen LogP contribution in [0.4, 0.5) is 0 Å². The highest BCUT2D eigenvalue weighted by molar-refractivity contribution is 7.99. The van der Waals surface area contributed by atoms with E-state index in [2.05, 4.69) is 17.6 Å². The first-order chi connectivity index (χ1) is 8.61. The first-order valence-corrected chi connectivity index (χ1v) is 6.84. The van der Waals surface area contributed by atoms with E-state index in [1.165, 1.54) is 11.8 Å². The predicted molar refractivity (Wildman–Crippen MR) is 71.8 cm³/mol. The minimum Gasteiger partial charge on any atom is -0.294 e. The van der Waals surface area contributed by atoms with Crippen LogP contribution in [0.3, 0.4) is 0 Å². The number of carbonyl (C=O) groups is 1. The molecule has 0 saturated heterocycles. The Labute approximate surface area is 111 Å². The number of aryl methyl sites for hydroxylation is 1. The number of nitrogens with zero attached hydrogens (tertiary/aromatic N) is 2. The van der Waals surface area contributed by atoms with Gasteiger partial charge in [0.25, 0.3) is 0 Å². The van der Waals surface area contributed by atoms with Crippen molar-refractivity contribution in [2.24, 2.45) is 0 Å². The Balaban J connectivity index is 2.39. The Kier molecular flexibility index (Phi) is 3.83. The molecule has 92 valence electrons. The van der Waals surface area contributed by atoms with Crippen molar-refractivity contribution in [3.05, 3.63) is 35.0 Å². The number of ketones is 1. The van der Waals surface area contributed by atoms with Gasteiger partial charge in [0.05, 0.1) is 11.3 Å². The molecule has 0 atom stereocenters. The predicted octanol–water partition coefficient (Wildman–Crippen LogP) is 3.14. The number of aromatic nitrogens is 1. The van der Waals surface area contributed by atoms with Gasteiger partial charge < -0.3 is 0 Å². The minimum atomic E-state index is 0.108. The first kappa shape index (κ1) is 12.8. The van der Waals surface area contributed by atoms with Crippen molar-refractivity contribution in [3.63, 3.8) is 0 Å². The molecule has 1 heterocycles. The van der Waals surface area contributed by atoms with Crippen LogP contribution in [0.25, 0.3) is 0 Å². The number of hydrogen-bond acceptors (Lipinski definition) is 4. The number of Topliss-reactive ketones (excluding diaryl/α,β-unsaturated/α-hetero) is 1. The van der Waals surface area contributed by atoms with Gasteiger partial charge in [-0.25, -0.2) is 4.98 Å². The van der Waals surface area contributed by atoms with Gasteiger partial charge in [0.2, 0.25) is 0 Å². The van der Waals surface area contributed by atoms with E-state index in [-0.39, 0.29) is 5.78 Å². The highest BCUT2D eigenvalue weighted by atomic mass is 32.2. The SMILES string of the molecule is C=C(C)CSc1nc2c(cc1C#N)C(=O)CCC2. The van der Waals surface area contributed by atoms with Crippen molar-refractivity contribution >= 4 is 17.5 Å². The lowest BCUT2D eigenvalue weighted by Gasteiger charge is -2.15. The monoisotopic (exact) mass is 258 g/mol. The van der Waals surface area contributed by atoms with Gasteiger partial charge in [0.1, 0.15) is 11.1 Å². The van der Waals surface area contributed by atoms with Gasteiger partial charge in [-0.1, -0.05) is 12.2 Å². The van der Waals surface area contributed by atoms with Crippen LogP contribution >= 0.6 is 11.8 Å². The van der Waals surface area contributed by atoms with Crippen molar-refractivity contribution in [3.8, 4) is 6.07 Å². The molecule has 18 heavy (non-hydrogen) atoms. The number of carbonyl (C=O) groups excluding carboxylic acids is 1. The zero-order valence-electron chi connectivity index (χ0n) is 10.3. The van der Waals surface area contributed by atoms with Crippen LogP contribution in [0.1, 0.15) is 41.4 Å². The standard InChI is InChI=1S/C14H14N2OS/c1-9(2)8-18-14-10(7-15)6-11-12(16-14)4-3-5-13(11)17/h6H,1,3-5,8H2,2H3. The van der Waals surface area contributed by atoms with Crippen LogP contribution in [0, 0.1) is 11.3 Å². The Morgan fingerprint density at radius 2 is 2.39 bits per heavy atom. The Morgan fingerprint density at radius 3 is 3.06 bits per heavy atom. The number of fused-ring (bicyclic) bond motifs is 1. The second kappa shape index (κ2) is 5.36. The minimum absolute atomic E-state index is 0.108. The van der Waals surface area contributed by atoms with E-state index in [9.17, 15) is 4.79 Å². The van der Waals surface area contributed by atoms with Crippen LogP contribution in [0.15, 0.2) is 23.2 Å². The summed E-state index contributed by atoms with van der Waals surface area (Å²) >= 11 is 1.51. The van der Waals surface area contributed by atoms with Gasteiger partial charge in [-0.15, -0.1) is 11.8 Å². The second-order valence-electron chi connectivity index (χ2n) is 4.47. The lowest BCUT2D eigenvalue weighted by atomic mass is 9.94. The molecule has 0 N–H and O–H groups in total. The third-order valence-electron chi connectivity index (χ3n) is 2.76. The maximum atomic E-state index is 11.8. The molecule has 4 heteroatoms. The fraction of sp³-hybridized carbons (Fsp3) is 0.357. The molecule has 0 unspecified atom stereocenters. The maximum absolute atomic E-state index is 11.8. The number of rotatable bonds is 3. The molecule has 1 aliphatic rings. The normalized spacial score (nSPS) is 13.9. The molecule has 0 bridgehead atoms. The number of thioether (sulfide) groups is 1. The van der Waals surface area contributed by atoms with E-state index in [0.717, 1.165) is 29.9 Å². The largest absolute Gasteiger partial charge is 0.294 e. The van der Waals surface area contributed by atoms with Crippen molar-refractivity contribution < 1.29 is 4.79 Å². The average molecular weight is 258 g/mol. The van der Waals surface area contributed by atoms with E-state index in [0.29, 0.717) is 22.6 Å². The smallest absolute Gasteiger partial charge is 0.164 e. The lowest BCUT2D eigenvalue weighted by Crippen LogP contribution is -2.13. The van der Waals surface area contributed by atoms with Crippen molar-refractivity contribution in [1.82, 2.24) is 4.98 Å². The molecule has 1 aromatic rings. The molecule has 0 fully saturated rings. The summed E-state index contributed by atoms with van der Waals surface area (Å²) in [7, 11) is 0. The summed E-state index contributed by atoms with van der Waals surface area (Å²) in [6.45, 7) is 5.79. The average Bonchev–Trinajstić information content (AvgIpc) is 2.35. The first-order valence-electron chi connectivity index (χ1n) is 5.86. The topological polar surface area (TPSA) is 53.8 Å². The summed E-state index contributed by atoms with van der Waals surface area (Å²) in [5.74, 6) is 0.853. The Morgan fingerprint density at radius 1 is 1.61 bits per heavy atom. The van der Waals surface area contributed by atoms with E-state index < -0.39 is 0 Å². The van der Waals surface area contributed by atoms with E-state index in [1.807, 2.05) is 6.92 Å². The molecule has 0 aliphatic heterocycles. The molecule has 0 spiro atoms. The van der Waals surface area contributed by atoms with Gasteiger partial charge in [0, 0.05) is 17.7 Å². The van der Waals surface area contributed by atoms with Crippen LogP contribution in [-0.2, 0) is 6.42 Å². The molecule has 0 radical (unpaired) electrons. The molecule has 0 saturated carbocycles. The Hall–Kier alpha value is -1.60. The molecule has 0 amide bonds. The van der Waals surface area contributed by atoms with Gasteiger partial charge in [0.15, 0.2) is 5.78 Å². The third kappa shape index (κ3) is 2.62. The van der Waals surface area contributed by atoms with Gasteiger partial charge in [-0.3, -0.25) is 4.79 Å². The van der Waals surface area contributed by atoms with Crippen molar-refractivity contribution in [2.45, 2.75) is 31.2 Å². The second-order valence-corrected chi connectivity index (χ2v) is 5.43. The molecular formula is C14H14N2OS. The molecular weight excluding hydrogens is 244 g/mol. The van der Waals surface area contributed by atoms with Crippen LogP contribution in [-0.4, -0.2) is 16.5 Å². The highest BCUT2D eigenvalue weighted by Crippen LogP contribution is 2.27. The number of hydrogen-bond donors (Lipinski definition) is 0. The summed E-state index contributed by atoms with van der Waals surface area (Å²) < 4.78 is 0. The summed E-state index contributed by atoms with van der Waals surface area (Å²) in [4.78, 5) is 16.2. The summed E-state index contributed by atoms with van der Waals surface area (Å²) in [5.41, 5.74) is 3.02. The number of pyridine rings is 1. The van der Waals surface area contributed by atoms with Gasteiger partial charge >= 0.3 is 0 Å². The molecule has 2 rings (SSSR count). The fourth-order valence-corrected chi connectivity index (χ4v) is 2.72. The highest BCUT2D eigenvalue weighted by Gasteiger charge is 2.21. The summed E-state index contributed by atoms with van der Waals surface area (Å²) in [6.07, 6.45) is 2.25. The van der Waals surface area contributed by atoms with Gasteiger partial charge in [-0.05, 0) is 25.8 Å². The van der Waals surface area contributed by atoms with Crippen LogP contribution in [0.5, 0.6) is 0 Å². The molecule has 0 aromatic carbocycles. The van der Waals surface area contributed by atoms with E-state index in [4.69, 9.17) is 5.26 Å². The summed E-state index contributed by atoms with van der Waals surface area (Å²) in [5, 5.41) is 9.85. The molecule has 1 aromatic heterocycles. The quantitative estimate of drug-likeness (QED) is 0.617. The van der Waals surface area contributed by atoms with Crippen molar-refractivity contribution in [1.29, 1.82) is 5.26 Å². The summed E-state index contributed by atoms with van der Waals surface area (Å²) in [6, 6.07) is 3.82. The van der Waals surface area contributed by atoms with E-state index in [1.54, 1.807) is 6.07 Å². The fourth-order valence-electron chi connectivity index (χ4n) is 1.90. The third-order valence-corrected chi connectivity index (χ3v) is 3.98. The van der Waals surface area contributed by atoms with Gasteiger partial charge in [-0.2, -0.15) is 5.26 Å². The lowest BCUT2D eigenvalue weighted by molar-refractivity contribution is 0.0971. The van der Waals surface area contributed by atoms with Crippen molar-refractivity contribution in [2.75, 3.05) is 5.75 Å². The zero-order valence-corrected chi connectivity index (χ0v) is 11.1. The van der Waals surface area contributed by atoms with Crippen LogP contribution in [0.2, 0.25) is 0 Å². The Bertz CT molecular complexity index is 558. The van der Waals surface area contributed by atoms with E-state index >= 15 is 0 Å². The zero-order chi connectivity index (χ0) is 13.1. The van der Waals surface area contributed by atoms with Crippen LogP contribution < -0.4 is 0 Å². The maximum Gasteiger partial charge on any atom is 0.164 e. The number of nitriles is 1. The molecule has 1 aliphatic carbocycles.